The van der Waals surface area contributed by atoms with Gasteiger partial charge in [-0.2, -0.15) is 0 Å². The summed E-state index contributed by atoms with van der Waals surface area (Å²) in [4.78, 5) is 12.0. The number of carbonyl (C=O) groups is 1. The van der Waals surface area contributed by atoms with Crippen LogP contribution in [0.2, 0.25) is 0 Å². The van der Waals surface area contributed by atoms with Crippen molar-refractivity contribution in [3.63, 3.8) is 0 Å². The molecule has 2 rings (SSSR count). The molecule has 0 saturated heterocycles. The Morgan fingerprint density at radius 2 is 2.24 bits per heavy atom. The summed E-state index contributed by atoms with van der Waals surface area (Å²) in [6, 6.07) is 5.52. The summed E-state index contributed by atoms with van der Waals surface area (Å²) in [5, 5.41) is 12.6. The average Bonchev–Trinajstić information content (AvgIpc) is 2.64. The van der Waals surface area contributed by atoms with Crippen LogP contribution in [0.1, 0.15) is 35.2 Å². The molecule has 2 N–H and O–H groups in total. The number of aliphatic hydroxyl groups excluding tert-OH is 1. The standard InChI is InChI=1S/C13H16BrNO2/c1-8-5-6-9(10(14)7-8)13(17)15-11-3-2-4-12(11)16/h5-7,11-12,16H,2-4H2,1H3,(H,15,17)/t11-,12-/m0/s1. The summed E-state index contributed by atoms with van der Waals surface area (Å²) in [7, 11) is 0. The van der Waals surface area contributed by atoms with Crippen LogP contribution < -0.4 is 5.32 Å². The molecule has 2 atom stereocenters. The third kappa shape index (κ3) is 2.87. The van der Waals surface area contributed by atoms with Crippen molar-refractivity contribution in [3.05, 3.63) is 33.8 Å². The van der Waals surface area contributed by atoms with Crippen molar-refractivity contribution in [2.45, 2.75) is 38.3 Å². The van der Waals surface area contributed by atoms with E-state index >= 15 is 0 Å². The molecule has 0 spiro atoms. The van der Waals surface area contributed by atoms with Crippen LogP contribution in [0.25, 0.3) is 0 Å². The lowest BCUT2D eigenvalue weighted by atomic mass is 10.1. The highest BCUT2D eigenvalue weighted by Crippen LogP contribution is 2.21. The van der Waals surface area contributed by atoms with Gasteiger partial charge in [-0.05, 0) is 59.8 Å². The van der Waals surface area contributed by atoms with E-state index < -0.39 is 6.10 Å². The predicted molar refractivity (Wildman–Crippen MR) is 70.0 cm³/mol. The highest BCUT2D eigenvalue weighted by Gasteiger charge is 2.27. The van der Waals surface area contributed by atoms with Gasteiger partial charge in [0.05, 0.1) is 17.7 Å². The second-order valence-electron chi connectivity index (χ2n) is 4.56. The topological polar surface area (TPSA) is 49.3 Å². The fourth-order valence-electron chi connectivity index (χ4n) is 2.16. The summed E-state index contributed by atoms with van der Waals surface area (Å²) in [6.45, 7) is 1.98. The Bertz CT molecular complexity index is 433. The zero-order valence-corrected chi connectivity index (χ0v) is 11.3. The van der Waals surface area contributed by atoms with E-state index in [1.54, 1.807) is 6.07 Å². The number of halogens is 1. The molecular formula is C13H16BrNO2. The number of carbonyl (C=O) groups excluding carboxylic acids is 1. The molecule has 92 valence electrons. The van der Waals surface area contributed by atoms with Crippen molar-refractivity contribution in [3.8, 4) is 0 Å². The first kappa shape index (κ1) is 12.6. The van der Waals surface area contributed by atoms with Crippen molar-refractivity contribution in [1.82, 2.24) is 5.32 Å². The van der Waals surface area contributed by atoms with Gasteiger partial charge >= 0.3 is 0 Å². The maximum atomic E-state index is 12.0. The lowest BCUT2D eigenvalue weighted by Crippen LogP contribution is -2.39. The second kappa shape index (κ2) is 5.19. The fraction of sp³-hybridized carbons (Fsp3) is 0.462. The van der Waals surface area contributed by atoms with E-state index in [1.165, 1.54) is 0 Å². The Labute approximate surface area is 109 Å². The van der Waals surface area contributed by atoms with Crippen molar-refractivity contribution in [1.29, 1.82) is 0 Å². The second-order valence-corrected chi connectivity index (χ2v) is 5.42. The molecule has 17 heavy (non-hydrogen) atoms. The summed E-state index contributed by atoms with van der Waals surface area (Å²) in [5.41, 5.74) is 1.73. The molecule has 1 aliphatic carbocycles. The summed E-state index contributed by atoms with van der Waals surface area (Å²) in [5.74, 6) is -0.122. The van der Waals surface area contributed by atoms with Gasteiger partial charge in [0.1, 0.15) is 0 Å². The summed E-state index contributed by atoms with van der Waals surface area (Å²) >= 11 is 3.39. The molecular weight excluding hydrogens is 282 g/mol. The number of rotatable bonds is 2. The fourth-order valence-corrected chi connectivity index (χ4v) is 2.83. The number of amides is 1. The lowest BCUT2D eigenvalue weighted by Gasteiger charge is -2.17. The van der Waals surface area contributed by atoms with Gasteiger partial charge in [0, 0.05) is 4.47 Å². The molecule has 0 unspecified atom stereocenters. The number of hydrogen-bond donors (Lipinski definition) is 2. The SMILES string of the molecule is Cc1ccc(C(=O)N[C@H]2CCC[C@@H]2O)c(Br)c1. The van der Waals surface area contributed by atoms with Crippen LogP contribution in [0.3, 0.4) is 0 Å². The molecule has 3 nitrogen and oxygen atoms in total. The average molecular weight is 298 g/mol. The van der Waals surface area contributed by atoms with Crippen LogP contribution in [0.15, 0.2) is 22.7 Å². The van der Waals surface area contributed by atoms with Gasteiger partial charge in [-0.25, -0.2) is 0 Å². The molecule has 0 aliphatic heterocycles. The third-order valence-electron chi connectivity index (χ3n) is 3.17. The van der Waals surface area contributed by atoms with E-state index in [0.29, 0.717) is 5.56 Å². The van der Waals surface area contributed by atoms with E-state index in [1.807, 2.05) is 19.1 Å². The van der Waals surface area contributed by atoms with E-state index in [2.05, 4.69) is 21.2 Å². The maximum Gasteiger partial charge on any atom is 0.252 e. The quantitative estimate of drug-likeness (QED) is 0.881. The van der Waals surface area contributed by atoms with E-state index in [9.17, 15) is 9.90 Å². The van der Waals surface area contributed by atoms with Gasteiger partial charge in [0.2, 0.25) is 0 Å². The highest BCUT2D eigenvalue weighted by molar-refractivity contribution is 9.10. The van der Waals surface area contributed by atoms with Crippen LogP contribution in [0.4, 0.5) is 0 Å². The Kier molecular flexibility index (Phi) is 3.84. The van der Waals surface area contributed by atoms with Gasteiger partial charge in [-0.3, -0.25) is 4.79 Å². The monoisotopic (exact) mass is 297 g/mol. The zero-order valence-electron chi connectivity index (χ0n) is 9.74. The molecule has 1 aliphatic rings. The number of hydrogen-bond acceptors (Lipinski definition) is 2. The first-order chi connectivity index (χ1) is 8.08. The van der Waals surface area contributed by atoms with Gasteiger partial charge in [0.15, 0.2) is 0 Å². The smallest absolute Gasteiger partial charge is 0.252 e. The third-order valence-corrected chi connectivity index (χ3v) is 3.82. The van der Waals surface area contributed by atoms with Crippen LogP contribution >= 0.6 is 15.9 Å². The Balaban J connectivity index is 2.09. The number of aliphatic hydroxyl groups is 1. The van der Waals surface area contributed by atoms with Crippen molar-refractivity contribution >= 4 is 21.8 Å². The zero-order chi connectivity index (χ0) is 12.4. The van der Waals surface area contributed by atoms with Crippen molar-refractivity contribution in [2.24, 2.45) is 0 Å². The maximum absolute atomic E-state index is 12.0. The number of benzene rings is 1. The normalized spacial score (nSPS) is 23.7. The summed E-state index contributed by atoms with van der Waals surface area (Å²) < 4.78 is 0.794. The number of aryl methyl sites for hydroxylation is 1. The van der Waals surface area contributed by atoms with E-state index in [-0.39, 0.29) is 11.9 Å². The minimum absolute atomic E-state index is 0.101. The highest BCUT2D eigenvalue weighted by atomic mass is 79.9. The minimum atomic E-state index is -0.400. The van der Waals surface area contributed by atoms with Crippen molar-refractivity contribution < 1.29 is 9.90 Å². The van der Waals surface area contributed by atoms with Gasteiger partial charge in [0.25, 0.3) is 5.91 Å². The van der Waals surface area contributed by atoms with E-state index in [4.69, 9.17) is 0 Å². The van der Waals surface area contributed by atoms with Gasteiger partial charge < -0.3 is 10.4 Å². The molecule has 1 aromatic carbocycles. The molecule has 0 radical (unpaired) electrons. The van der Waals surface area contributed by atoms with Crippen LogP contribution in [0, 0.1) is 6.92 Å². The molecule has 1 amide bonds. The summed E-state index contributed by atoms with van der Waals surface area (Å²) in [6.07, 6.45) is 2.21. The van der Waals surface area contributed by atoms with E-state index in [0.717, 1.165) is 29.3 Å². The minimum Gasteiger partial charge on any atom is -0.391 e. The Morgan fingerprint density at radius 3 is 2.82 bits per heavy atom. The molecule has 0 aromatic heterocycles. The first-order valence-electron chi connectivity index (χ1n) is 5.83. The molecule has 4 heteroatoms. The Morgan fingerprint density at radius 1 is 1.47 bits per heavy atom. The van der Waals surface area contributed by atoms with Crippen LogP contribution in [-0.2, 0) is 0 Å². The lowest BCUT2D eigenvalue weighted by molar-refractivity contribution is 0.0872. The van der Waals surface area contributed by atoms with Crippen LogP contribution in [-0.4, -0.2) is 23.2 Å². The first-order valence-corrected chi connectivity index (χ1v) is 6.62. The van der Waals surface area contributed by atoms with Crippen LogP contribution in [0.5, 0.6) is 0 Å². The Hall–Kier alpha value is -0.870. The largest absolute Gasteiger partial charge is 0.391 e. The predicted octanol–water partition coefficient (Wildman–Crippen LogP) is 2.40. The molecule has 0 heterocycles. The number of nitrogens with one attached hydrogen (secondary N) is 1. The van der Waals surface area contributed by atoms with Crippen molar-refractivity contribution in [2.75, 3.05) is 0 Å². The molecule has 1 saturated carbocycles. The molecule has 1 aromatic rings. The van der Waals surface area contributed by atoms with Gasteiger partial charge in [-0.1, -0.05) is 6.07 Å². The molecule has 1 fully saturated rings. The molecule has 0 bridgehead atoms. The van der Waals surface area contributed by atoms with Gasteiger partial charge in [-0.15, -0.1) is 0 Å².